The number of methoxy groups -OCH3 is 1. The van der Waals surface area contributed by atoms with Crippen LogP contribution in [0.2, 0.25) is 0 Å². The quantitative estimate of drug-likeness (QED) is 0.680. The molecule has 1 saturated heterocycles. The largest absolute Gasteiger partial charge is 0.385 e. The Labute approximate surface area is 168 Å². The Balaban J connectivity index is 1.57. The number of hydrogen-bond acceptors (Lipinski definition) is 6. The summed E-state index contributed by atoms with van der Waals surface area (Å²) in [6.07, 6.45) is 2.17. The van der Waals surface area contributed by atoms with E-state index in [0.29, 0.717) is 18.1 Å². The zero-order chi connectivity index (χ0) is 20.7. The molecule has 1 aromatic rings. The topological polar surface area (TPSA) is 68.7 Å². The first-order valence-corrected chi connectivity index (χ1v) is 9.56. The summed E-state index contributed by atoms with van der Waals surface area (Å²) in [4.78, 5) is 37.4. The number of fused-ring (bicyclic) bond motifs is 3. The monoisotopic (exact) mass is 401 g/mol. The number of amides is 3. The van der Waals surface area contributed by atoms with E-state index in [1.807, 2.05) is 22.9 Å². The molecule has 0 aliphatic carbocycles. The highest BCUT2D eigenvalue weighted by molar-refractivity contribution is 6.04. The molecule has 3 amide bonds. The summed E-state index contributed by atoms with van der Waals surface area (Å²) in [5.41, 5.74) is 1.68. The SMILES string of the molecule is COCCCN1C(C)=CN2C1=NC1C2C(=O)N(Cc2ccc(F)cc2)C(=O)N1C. The van der Waals surface area contributed by atoms with Crippen LogP contribution in [0.3, 0.4) is 0 Å². The summed E-state index contributed by atoms with van der Waals surface area (Å²) in [6, 6.07) is 4.80. The highest BCUT2D eigenvalue weighted by atomic mass is 19.1. The maximum atomic E-state index is 13.3. The van der Waals surface area contributed by atoms with Crippen LogP contribution >= 0.6 is 0 Å². The minimum absolute atomic E-state index is 0.0922. The van der Waals surface area contributed by atoms with Gasteiger partial charge in [-0.1, -0.05) is 12.1 Å². The average Bonchev–Trinajstić information content (AvgIpc) is 3.21. The van der Waals surface area contributed by atoms with Gasteiger partial charge >= 0.3 is 6.03 Å². The van der Waals surface area contributed by atoms with E-state index in [0.717, 1.165) is 18.7 Å². The summed E-state index contributed by atoms with van der Waals surface area (Å²) < 4.78 is 18.3. The number of guanidine groups is 1. The number of halogens is 1. The second kappa shape index (κ2) is 7.47. The number of allylic oxidation sites excluding steroid dienone is 1. The lowest BCUT2D eigenvalue weighted by Gasteiger charge is -2.40. The van der Waals surface area contributed by atoms with Crippen molar-refractivity contribution < 1.29 is 18.7 Å². The number of nitrogens with zero attached hydrogens (tertiary/aromatic N) is 5. The van der Waals surface area contributed by atoms with Gasteiger partial charge in [0.15, 0.2) is 12.2 Å². The summed E-state index contributed by atoms with van der Waals surface area (Å²) in [7, 11) is 3.32. The van der Waals surface area contributed by atoms with E-state index < -0.39 is 18.2 Å². The van der Waals surface area contributed by atoms with E-state index in [4.69, 9.17) is 9.73 Å². The second-order valence-corrected chi connectivity index (χ2v) is 7.41. The lowest BCUT2D eigenvalue weighted by Crippen LogP contribution is -2.63. The van der Waals surface area contributed by atoms with Gasteiger partial charge in [0.1, 0.15) is 5.82 Å². The van der Waals surface area contributed by atoms with Gasteiger partial charge in [0.05, 0.1) is 6.54 Å². The molecule has 0 N–H and O–H groups in total. The van der Waals surface area contributed by atoms with Crippen molar-refractivity contribution in [1.29, 1.82) is 0 Å². The minimum atomic E-state index is -0.601. The molecule has 2 unspecified atom stereocenters. The third-order valence-electron chi connectivity index (χ3n) is 5.49. The molecule has 3 aliphatic heterocycles. The van der Waals surface area contributed by atoms with Gasteiger partial charge in [-0.3, -0.25) is 9.69 Å². The van der Waals surface area contributed by atoms with Crippen molar-refractivity contribution in [2.24, 2.45) is 4.99 Å². The van der Waals surface area contributed by atoms with Crippen LogP contribution in [0.25, 0.3) is 0 Å². The van der Waals surface area contributed by atoms with Gasteiger partial charge in [-0.05, 0) is 31.0 Å². The summed E-state index contributed by atoms with van der Waals surface area (Å²) in [6.45, 7) is 3.42. The molecule has 0 saturated carbocycles. The van der Waals surface area contributed by atoms with Crippen LogP contribution in [0.1, 0.15) is 18.9 Å². The van der Waals surface area contributed by atoms with E-state index in [9.17, 15) is 14.0 Å². The summed E-state index contributed by atoms with van der Waals surface area (Å²) in [5, 5.41) is 0. The van der Waals surface area contributed by atoms with Gasteiger partial charge in [-0.15, -0.1) is 0 Å². The molecule has 29 heavy (non-hydrogen) atoms. The molecule has 4 rings (SSSR count). The number of benzene rings is 1. The number of urea groups is 1. The summed E-state index contributed by atoms with van der Waals surface area (Å²) in [5.74, 6) is 0.0245. The molecule has 8 nitrogen and oxygen atoms in total. The van der Waals surface area contributed by atoms with Gasteiger partial charge in [0.2, 0.25) is 5.96 Å². The Morgan fingerprint density at radius 3 is 2.59 bits per heavy atom. The van der Waals surface area contributed by atoms with E-state index in [1.165, 1.54) is 21.9 Å². The number of aliphatic imine (C=N–C) groups is 1. The third-order valence-corrected chi connectivity index (χ3v) is 5.49. The smallest absolute Gasteiger partial charge is 0.328 e. The van der Waals surface area contributed by atoms with Crippen LogP contribution in [0, 0.1) is 5.82 Å². The number of carbonyl (C=O) groups is 2. The van der Waals surface area contributed by atoms with Crippen LogP contribution in [0.15, 0.2) is 41.2 Å². The molecule has 0 spiro atoms. The van der Waals surface area contributed by atoms with Crippen LogP contribution in [0.5, 0.6) is 0 Å². The molecule has 9 heteroatoms. The number of likely N-dealkylation sites (N-methyl/N-ethyl adjacent to an activating group) is 1. The molecule has 154 valence electrons. The normalized spacial score (nSPS) is 23.4. The fraction of sp³-hybridized carbons (Fsp3) is 0.450. The molecule has 3 aliphatic rings. The standard InChI is InChI=1S/C20H24FN5O3/c1-13-11-25-16-17(22-19(25)24(13)9-4-10-29-3)23(2)20(28)26(18(16)27)12-14-5-7-15(21)8-6-14/h5-8,11,16-17H,4,9-10,12H2,1-3H3. The predicted molar refractivity (Wildman–Crippen MR) is 104 cm³/mol. The molecule has 0 bridgehead atoms. The lowest BCUT2D eigenvalue weighted by atomic mass is 10.1. The fourth-order valence-electron chi connectivity index (χ4n) is 3.96. The van der Waals surface area contributed by atoms with E-state index in [2.05, 4.69) is 0 Å². The molecule has 3 heterocycles. The van der Waals surface area contributed by atoms with Gasteiger partial charge < -0.3 is 19.4 Å². The third kappa shape index (κ3) is 3.25. The highest BCUT2D eigenvalue weighted by Crippen LogP contribution is 2.34. The summed E-state index contributed by atoms with van der Waals surface area (Å²) >= 11 is 0. The molecule has 1 aromatic carbocycles. The van der Waals surface area contributed by atoms with Crippen LogP contribution in [-0.4, -0.2) is 77.0 Å². The van der Waals surface area contributed by atoms with E-state index in [1.54, 1.807) is 26.3 Å². The number of carbonyl (C=O) groups excluding carboxylic acids is 2. The highest BCUT2D eigenvalue weighted by Gasteiger charge is 2.54. The fourth-order valence-corrected chi connectivity index (χ4v) is 3.96. The Kier molecular flexibility index (Phi) is 4.99. The van der Waals surface area contributed by atoms with Gasteiger partial charge in [0, 0.05) is 39.2 Å². The van der Waals surface area contributed by atoms with Gasteiger partial charge in [0.25, 0.3) is 5.91 Å². The molecule has 1 fully saturated rings. The maximum Gasteiger partial charge on any atom is 0.328 e. The number of imide groups is 1. The van der Waals surface area contributed by atoms with Crippen molar-refractivity contribution in [3.63, 3.8) is 0 Å². The Morgan fingerprint density at radius 1 is 1.17 bits per heavy atom. The van der Waals surface area contributed by atoms with E-state index >= 15 is 0 Å². The van der Waals surface area contributed by atoms with Crippen molar-refractivity contribution in [3.8, 4) is 0 Å². The first-order valence-electron chi connectivity index (χ1n) is 9.56. The van der Waals surface area contributed by atoms with Gasteiger partial charge in [-0.2, -0.15) is 0 Å². The van der Waals surface area contributed by atoms with Gasteiger partial charge in [-0.25, -0.2) is 14.2 Å². The first-order chi connectivity index (χ1) is 13.9. The zero-order valence-electron chi connectivity index (χ0n) is 16.7. The number of ether oxygens (including phenoxy) is 1. The Hall–Kier alpha value is -2.94. The van der Waals surface area contributed by atoms with Crippen molar-refractivity contribution in [3.05, 3.63) is 47.5 Å². The Morgan fingerprint density at radius 2 is 1.90 bits per heavy atom. The zero-order valence-corrected chi connectivity index (χ0v) is 16.7. The minimum Gasteiger partial charge on any atom is -0.385 e. The average molecular weight is 401 g/mol. The van der Waals surface area contributed by atoms with Crippen molar-refractivity contribution in [2.75, 3.05) is 27.3 Å². The maximum absolute atomic E-state index is 13.3. The molecular weight excluding hydrogens is 377 g/mol. The van der Waals surface area contributed by atoms with Crippen LogP contribution < -0.4 is 0 Å². The van der Waals surface area contributed by atoms with Crippen molar-refractivity contribution in [1.82, 2.24) is 19.6 Å². The molecule has 0 aromatic heterocycles. The second-order valence-electron chi connectivity index (χ2n) is 7.41. The molecule has 2 atom stereocenters. The van der Waals surface area contributed by atoms with Crippen LogP contribution in [-0.2, 0) is 16.1 Å². The van der Waals surface area contributed by atoms with Crippen molar-refractivity contribution in [2.45, 2.75) is 32.1 Å². The van der Waals surface area contributed by atoms with Crippen LogP contribution in [0.4, 0.5) is 9.18 Å². The number of hydrogen-bond donors (Lipinski definition) is 0. The molecule has 0 radical (unpaired) electrons. The Bertz CT molecular complexity index is 885. The van der Waals surface area contributed by atoms with Crippen molar-refractivity contribution >= 4 is 17.9 Å². The van der Waals surface area contributed by atoms with E-state index in [-0.39, 0.29) is 18.3 Å². The number of rotatable bonds is 6. The predicted octanol–water partition coefficient (Wildman–Crippen LogP) is 1.80. The lowest BCUT2D eigenvalue weighted by molar-refractivity contribution is -0.137. The molecular formula is C20H24FN5O3. The first kappa shape index (κ1) is 19.4.